The lowest BCUT2D eigenvalue weighted by Crippen LogP contribution is -2.32. The van der Waals surface area contributed by atoms with Crippen molar-refractivity contribution in [2.75, 3.05) is 5.75 Å². The molecule has 1 atom stereocenters. The van der Waals surface area contributed by atoms with Crippen LogP contribution in [0.5, 0.6) is 0 Å². The van der Waals surface area contributed by atoms with Gasteiger partial charge in [-0.05, 0) is 17.9 Å². The average molecular weight is 253 g/mol. The summed E-state index contributed by atoms with van der Waals surface area (Å²) in [5.41, 5.74) is 5.97. The molecule has 0 saturated carbocycles. The van der Waals surface area contributed by atoms with E-state index in [1.165, 1.54) is 0 Å². The molecule has 0 aromatic heterocycles. The Morgan fingerprint density at radius 3 is 2.41 bits per heavy atom. The Morgan fingerprint density at radius 2 is 1.94 bits per heavy atom. The second-order valence-corrected chi connectivity index (χ2v) is 4.86. The molecule has 0 amide bonds. The Balaban J connectivity index is 2.72. The molecule has 1 aromatic rings. The predicted octanol–water partition coefficient (Wildman–Crippen LogP) is 1.78. The largest absolute Gasteiger partial charge is 0.481 e. The summed E-state index contributed by atoms with van der Waals surface area (Å²) < 4.78 is 0. The van der Waals surface area contributed by atoms with Gasteiger partial charge in [-0.1, -0.05) is 19.1 Å². The van der Waals surface area contributed by atoms with Crippen LogP contribution in [0.1, 0.15) is 23.7 Å². The average Bonchev–Trinajstić information content (AvgIpc) is 2.28. The van der Waals surface area contributed by atoms with Crippen molar-refractivity contribution >= 4 is 23.5 Å². The number of thioether (sulfide) groups is 1. The lowest BCUT2D eigenvalue weighted by atomic mass is 10.0. The highest BCUT2D eigenvalue weighted by atomic mass is 32.2. The Morgan fingerprint density at radius 1 is 1.35 bits per heavy atom. The number of benzene rings is 1. The number of ketones is 1. The summed E-state index contributed by atoms with van der Waals surface area (Å²) in [6.07, 6.45) is -0.343. The first-order valence-corrected chi connectivity index (χ1v) is 6.27. The molecule has 0 heterocycles. The van der Waals surface area contributed by atoms with Crippen LogP contribution < -0.4 is 5.73 Å². The first kappa shape index (κ1) is 13.7. The predicted molar refractivity (Wildman–Crippen MR) is 67.4 cm³/mol. The maximum atomic E-state index is 11.8. The molecule has 0 aliphatic heterocycles. The van der Waals surface area contributed by atoms with E-state index in [9.17, 15) is 9.59 Å². The summed E-state index contributed by atoms with van der Waals surface area (Å²) in [5.74, 6) is -0.435. The van der Waals surface area contributed by atoms with Crippen LogP contribution >= 0.6 is 11.8 Å². The van der Waals surface area contributed by atoms with Gasteiger partial charge in [0.25, 0.3) is 0 Å². The van der Waals surface area contributed by atoms with Gasteiger partial charge in [-0.2, -0.15) is 0 Å². The van der Waals surface area contributed by atoms with E-state index >= 15 is 0 Å². The number of rotatable bonds is 6. The number of nitrogens with two attached hydrogens (primary N) is 1. The summed E-state index contributed by atoms with van der Waals surface area (Å²) in [7, 11) is 0. The molecule has 0 radical (unpaired) electrons. The summed E-state index contributed by atoms with van der Waals surface area (Å²) in [6, 6.07) is 6.07. The van der Waals surface area contributed by atoms with Gasteiger partial charge in [-0.25, -0.2) is 0 Å². The normalized spacial score (nSPS) is 12.1. The van der Waals surface area contributed by atoms with E-state index in [4.69, 9.17) is 10.8 Å². The van der Waals surface area contributed by atoms with Crippen LogP contribution in [-0.2, 0) is 4.79 Å². The van der Waals surface area contributed by atoms with Gasteiger partial charge in [0.15, 0.2) is 5.78 Å². The molecule has 1 aromatic carbocycles. The fourth-order valence-electron chi connectivity index (χ4n) is 1.38. The summed E-state index contributed by atoms with van der Waals surface area (Å²) in [5, 5.41) is 8.56. The number of carbonyl (C=O) groups excluding carboxylic acids is 1. The number of carbonyl (C=O) groups is 2. The van der Waals surface area contributed by atoms with Crippen molar-refractivity contribution in [3.63, 3.8) is 0 Å². The molecule has 4 nitrogen and oxygen atoms in total. The molecule has 92 valence electrons. The number of hydrogen-bond acceptors (Lipinski definition) is 4. The smallest absolute Gasteiger partial charge is 0.305 e. The highest BCUT2D eigenvalue weighted by Gasteiger charge is 2.18. The molecular weight excluding hydrogens is 238 g/mol. The standard InChI is InChI=1S/C12H15NO3S/c1-2-17-9-5-3-8(4-6-9)12(16)10(13)7-11(14)15/h3-6,10H,2,7,13H2,1H3,(H,14,15). The third-order valence-corrected chi connectivity index (χ3v) is 3.08. The third-order valence-electron chi connectivity index (χ3n) is 2.18. The van der Waals surface area contributed by atoms with Crippen LogP contribution in [0, 0.1) is 0 Å². The molecule has 1 unspecified atom stereocenters. The van der Waals surface area contributed by atoms with E-state index in [1.54, 1.807) is 23.9 Å². The van der Waals surface area contributed by atoms with Gasteiger partial charge in [-0.15, -0.1) is 11.8 Å². The maximum Gasteiger partial charge on any atom is 0.305 e. The molecule has 17 heavy (non-hydrogen) atoms. The van der Waals surface area contributed by atoms with E-state index in [0.29, 0.717) is 5.56 Å². The molecule has 1 rings (SSSR count). The zero-order valence-electron chi connectivity index (χ0n) is 9.55. The lowest BCUT2D eigenvalue weighted by Gasteiger charge is -2.08. The number of carboxylic acid groups (broad SMARTS) is 1. The van der Waals surface area contributed by atoms with E-state index in [0.717, 1.165) is 10.6 Å². The zero-order valence-corrected chi connectivity index (χ0v) is 10.4. The molecule has 5 heteroatoms. The number of Topliss-reactive ketones (excluding diaryl/α,β-unsaturated/α-hetero) is 1. The third kappa shape index (κ3) is 4.20. The van der Waals surface area contributed by atoms with Gasteiger partial charge in [0.2, 0.25) is 0 Å². The van der Waals surface area contributed by atoms with Crippen molar-refractivity contribution in [2.24, 2.45) is 5.73 Å². The van der Waals surface area contributed by atoms with Crippen LogP contribution in [0.2, 0.25) is 0 Å². The molecular formula is C12H15NO3S. The topological polar surface area (TPSA) is 80.4 Å². The van der Waals surface area contributed by atoms with E-state index in [1.807, 2.05) is 19.1 Å². The van der Waals surface area contributed by atoms with Crippen molar-refractivity contribution in [1.29, 1.82) is 0 Å². The Kier molecular flexibility index (Phi) is 5.18. The molecule has 0 spiro atoms. The van der Waals surface area contributed by atoms with Gasteiger partial charge in [0.05, 0.1) is 12.5 Å². The van der Waals surface area contributed by atoms with Crippen molar-refractivity contribution < 1.29 is 14.7 Å². The second-order valence-electron chi connectivity index (χ2n) is 3.53. The van der Waals surface area contributed by atoms with Crippen LogP contribution in [0.3, 0.4) is 0 Å². The number of carboxylic acids is 1. The van der Waals surface area contributed by atoms with E-state index < -0.39 is 12.0 Å². The quantitative estimate of drug-likeness (QED) is 0.596. The highest BCUT2D eigenvalue weighted by Crippen LogP contribution is 2.18. The van der Waals surface area contributed by atoms with Crippen LogP contribution in [-0.4, -0.2) is 28.7 Å². The van der Waals surface area contributed by atoms with Gasteiger partial charge in [-0.3, -0.25) is 9.59 Å². The monoisotopic (exact) mass is 253 g/mol. The molecule has 0 fully saturated rings. The molecule has 0 aliphatic rings. The molecule has 0 saturated heterocycles. The summed E-state index contributed by atoms with van der Waals surface area (Å²) >= 11 is 1.68. The van der Waals surface area contributed by atoms with Gasteiger partial charge in [0, 0.05) is 10.5 Å². The van der Waals surface area contributed by atoms with Crippen LogP contribution in [0.25, 0.3) is 0 Å². The second kappa shape index (κ2) is 6.42. The lowest BCUT2D eigenvalue weighted by molar-refractivity contribution is -0.137. The number of hydrogen-bond donors (Lipinski definition) is 2. The van der Waals surface area contributed by atoms with Gasteiger partial charge >= 0.3 is 5.97 Å². The van der Waals surface area contributed by atoms with Crippen LogP contribution in [0.15, 0.2) is 29.2 Å². The van der Waals surface area contributed by atoms with Crippen molar-refractivity contribution in [2.45, 2.75) is 24.3 Å². The zero-order chi connectivity index (χ0) is 12.8. The van der Waals surface area contributed by atoms with Crippen molar-refractivity contribution in [3.8, 4) is 0 Å². The first-order valence-electron chi connectivity index (χ1n) is 5.29. The van der Waals surface area contributed by atoms with E-state index in [-0.39, 0.29) is 12.2 Å². The van der Waals surface area contributed by atoms with Gasteiger partial charge < -0.3 is 10.8 Å². The summed E-state index contributed by atoms with van der Waals surface area (Å²) in [6.45, 7) is 2.05. The Hall–Kier alpha value is -1.33. The molecule has 0 aliphatic carbocycles. The maximum absolute atomic E-state index is 11.8. The van der Waals surface area contributed by atoms with E-state index in [2.05, 4.69) is 0 Å². The summed E-state index contributed by atoms with van der Waals surface area (Å²) in [4.78, 5) is 23.3. The first-order chi connectivity index (χ1) is 8.04. The number of aliphatic carboxylic acids is 1. The van der Waals surface area contributed by atoms with Gasteiger partial charge in [0.1, 0.15) is 0 Å². The molecule has 0 bridgehead atoms. The fourth-order valence-corrected chi connectivity index (χ4v) is 2.04. The minimum Gasteiger partial charge on any atom is -0.481 e. The van der Waals surface area contributed by atoms with Crippen molar-refractivity contribution in [3.05, 3.63) is 29.8 Å². The minimum atomic E-state index is -1.07. The minimum absolute atomic E-state index is 0.333. The van der Waals surface area contributed by atoms with Crippen LogP contribution in [0.4, 0.5) is 0 Å². The fraction of sp³-hybridized carbons (Fsp3) is 0.333. The SMILES string of the molecule is CCSc1ccc(C(=O)C(N)CC(=O)O)cc1. The Bertz CT molecular complexity index is 403. The molecule has 3 N–H and O–H groups in total. The van der Waals surface area contributed by atoms with Crippen molar-refractivity contribution in [1.82, 2.24) is 0 Å². The Labute approximate surface area is 104 Å². The highest BCUT2D eigenvalue weighted by molar-refractivity contribution is 7.99.